The lowest BCUT2D eigenvalue weighted by molar-refractivity contribution is -0.0589. The molecule has 4 nitrogen and oxygen atoms in total. The average Bonchev–Trinajstić information content (AvgIpc) is 3.07. The Labute approximate surface area is 127 Å². The van der Waals surface area contributed by atoms with E-state index in [1.807, 2.05) is 0 Å². The molecule has 0 aromatic carbocycles. The van der Waals surface area contributed by atoms with Gasteiger partial charge in [-0.15, -0.1) is 0 Å². The van der Waals surface area contributed by atoms with Crippen molar-refractivity contribution in [2.45, 2.75) is 64.8 Å². The molecule has 2 unspecified atom stereocenters. The van der Waals surface area contributed by atoms with Gasteiger partial charge in [-0.25, -0.2) is 0 Å². The minimum atomic E-state index is 0.469. The van der Waals surface area contributed by atoms with Gasteiger partial charge in [-0.2, -0.15) is 0 Å². The molecule has 1 aliphatic carbocycles. The lowest BCUT2D eigenvalue weighted by atomic mass is 10.1. The zero-order chi connectivity index (χ0) is 14.7. The van der Waals surface area contributed by atoms with Crippen molar-refractivity contribution in [1.29, 1.82) is 0 Å². The molecule has 0 radical (unpaired) electrons. The number of nitrogens with one attached hydrogen (secondary N) is 1. The first kappa shape index (κ1) is 15.1. The SMILES string of the molecule is CCCNCc1cc(CN2CCOC3CCCC32)c(C)o1. The van der Waals surface area contributed by atoms with E-state index in [0.29, 0.717) is 12.1 Å². The molecule has 1 aromatic heterocycles. The van der Waals surface area contributed by atoms with Crippen LogP contribution in [0.25, 0.3) is 0 Å². The minimum absolute atomic E-state index is 0.469. The van der Waals surface area contributed by atoms with Crippen LogP contribution in [0.1, 0.15) is 49.7 Å². The van der Waals surface area contributed by atoms with E-state index >= 15 is 0 Å². The van der Waals surface area contributed by atoms with E-state index in [0.717, 1.165) is 50.7 Å². The Bertz CT molecular complexity index is 458. The molecular formula is C17H28N2O2. The topological polar surface area (TPSA) is 37.6 Å². The standard InChI is InChI=1S/C17H28N2O2/c1-3-7-18-11-15-10-14(13(2)21-15)12-19-8-9-20-17-6-4-5-16(17)19/h10,16-18H,3-9,11-12H2,1-2H3. The number of aryl methyl sites for hydroxylation is 1. The van der Waals surface area contributed by atoms with Crippen LogP contribution in [0.15, 0.2) is 10.5 Å². The molecule has 1 aliphatic heterocycles. The normalized spacial score (nSPS) is 26.2. The highest BCUT2D eigenvalue weighted by molar-refractivity contribution is 5.21. The number of ether oxygens (including phenoxy) is 1. The Morgan fingerprint density at radius 2 is 2.29 bits per heavy atom. The van der Waals surface area contributed by atoms with E-state index in [9.17, 15) is 0 Å². The van der Waals surface area contributed by atoms with Gasteiger partial charge >= 0.3 is 0 Å². The van der Waals surface area contributed by atoms with E-state index < -0.39 is 0 Å². The first-order valence-corrected chi connectivity index (χ1v) is 8.42. The van der Waals surface area contributed by atoms with Crippen LogP contribution >= 0.6 is 0 Å². The van der Waals surface area contributed by atoms with Crippen LogP contribution in [0, 0.1) is 6.92 Å². The van der Waals surface area contributed by atoms with Crippen molar-refractivity contribution >= 4 is 0 Å². The van der Waals surface area contributed by atoms with Gasteiger partial charge in [0.15, 0.2) is 0 Å². The summed E-state index contributed by atoms with van der Waals surface area (Å²) in [6.45, 7) is 9.09. The molecular weight excluding hydrogens is 264 g/mol. The summed E-state index contributed by atoms with van der Waals surface area (Å²) in [5.41, 5.74) is 1.34. The molecule has 2 atom stereocenters. The molecule has 2 aliphatic rings. The number of hydrogen-bond acceptors (Lipinski definition) is 4. The fraction of sp³-hybridized carbons (Fsp3) is 0.765. The Hall–Kier alpha value is -0.840. The quantitative estimate of drug-likeness (QED) is 0.818. The Morgan fingerprint density at radius 1 is 1.38 bits per heavy atom. The maximum atomic E-state index is 5.90. The third kappa shape index (κ3) is 3.50. The summed E-state index contributed by atoms with van der Waals surface area (Å²) in [5.74, 6) is 2.14. The molecule has 0 bridgehead atoms. The van der Waals surface area contributed by atoms with Crippen molar-refractivity contribution in [3.8, 4) is 0 Å². The van der Waals surface area contributed by atoms with Crippen LogP contribution < -0.4 is 5.32 Å². The van der Waals surface area contributed by atoms with Gasteiger partial charge in [0.2, 0.25) is 0 Å². The van der Waals surface area contributed by atoms with Gasteiger partial charge in [-0.1, -0.05) is 6.92 Å². The summed E-state index contributed by atoms with van der Waals surface area (Å²) < 4.78 is 11.8. The molecule has 1 saturated carbocycles. The average molecular weight is 292 g/mol. The van der Waals surface area contributed by atoms with Gasteiger partial charge in [-0.3, -0.25) is 4.90 Å². The predicted octanol–water partition coefficient (Wildman–Crippen LogP) is 2.84. The van der Waals surface area contributed by atoms with Crippen LogP contribution in [0.4, 0.5) is 0 Å². The Morgan fingerprint density at radius 3 is 3.14 bits per heavy atom. The fourth-order valence-electron chi connectivity index (χ4n) is 3.64. The Balaban J connectivity index is 1.61. The second-order valence-corrected chi connectivity index (χ2v) is 6.35. The van der Waals surface area contributed by atoms with E-state index in [4.69, 9.17) is 9.15 Å². The number of nitrogens with zero attached hydrogens (tertiary/aromatic N) is 1. The molecule has 2 heterocycles. The van der Waals surface area contributed by atoms with E-state index in [1.165, 1.54) is 24.8 Å². The van der Waals surface area contributed by atoms with Gasteiger partial charge in [0, 0.05) is 24.7 Å². The third-order valence-electron chi connectivity index (χ3n) is 4.77. The number of rotatable bonds is 6. The van der Waals surface area contributed by atoms with E-state index in [-0.39, 0.29) is 0 Å². The fourth-order valence-corrected chi connectivity index (χ4v) is 3.64. The summed E-state index contributed by atoms with van der Waals surface area (Å²) in [6, 6.07) is 2.85. The molecule has 3 rings (SSSR count). The van der Waals surface area contributed by atoms with Gasteiger partial charge in [0.25, 0.3) is 0 Å². The van der Waals surface area contributed by atoms with Crippen molar-refractivity contribution in [2.75, 3.05) is 19.7 Å². The maximum Gasteiger partial charge on any atom is 0.118 e. The molecule has 1 N–H and O–H groups in total. The van der Waals surface area contributed by atoms with Crippen LogP contribution in [-0.2, 0) is 17.8 Å². The molecule has 118 valence electrons. The van der Waals surface area contributed by atoms with E-state index in [1.54, 1.807) is 0 Å². The van der Waals surface area contributed by atoms with Gasteiger partial charge in [0.05, 0.1) is 19.3 Å². The summed E-state index contributed by atoms with van der Waals surface area (Å²) in [7, 11) is 0. The van der Waals surface area contributed by atoms with Crippen LogP contribution in [0.2, 0.25) is 0 Å². The summed E-state index contributed by atoms with van der Waals surface area (Å²) in [5, 5.41) is 3.41. The molecule has 2 fully saturated rings. The third-order valence-corrected chi connectivity index (χ3v) is 4.77. The number of hydrogen-bond donors (Lipinski definition) is 1. The van der Waals surface area contributed by atoms with E-state index in [2.05, 4.69) is 30.1 Å². The molecule has 21 heavy (non-hydrogen) atoms. The first-order valence-electron chi connectivity index (χ1n) is 8.42. The smallest absolute Gasteiger partial charge is 0.118 e. The molecule has 1 saturated heterocycles. The van der Waals surface area contributed by atoms with Crippen LogP contribution in [-0.4, -0.2) is 36.7 Å². The summed E-state index contributed by atoms with van der Waals surface area (Å²) in [4.78, 5) is 2.60. The molecule has 0 amide bonds. The number of morpholine rings is 1. The zero-order valence-corrected chi connectivity index (χ0v) is 13.4. The van der Waals surface area contributed by atoms with Crippen molar-refractivity contribution in [3.05, 3.63) is 23.2 Å². The highest BCUT2D eigenvalue weighted by Gasteiger charge is 2.36. The van der Waals surface area contributed by atoms with Crippen LogP contribution in [0.3, 0.4) is 0 Å². The van der Waals surface area contributed by atoms with Crippen LogP contribution in [0.5, 0.6) is 0 Å². The zero-order valence-electron chi connectivity index (χ0n) is 13.4. The predicted molar refractivity (Wildman–Crippen MR) is 83.2 cm³/mol. The molecule has 4 heteroatoms. The summed E-state index contributed by atoms with van der Waals surface area (Å²) in [6.07, 6.45) is 5.45. The van der Waals surface area contributed by atoms with Crippen molar-refractivity contribution < 1.29 is 9.15 Å². The van der Waals surface area contributed by atoms with Gasteiger partial charge in [-0.05, 0) is 45.2 Å². The highest BCUT2D eigenvalue weighted by atomic mass is 16.5. The second-order valence-electron chi connectivity index (χ2n) is 6.35. The lowest BCUT2D eigenvalue weighted by Crippen LogP contribution is -2.47. The number of furan rings is 1. The molecule has 1 aromatic rings. The highest BCUT2D eigenvalue weighted by Crippen LogP contribution is 2.31. The van der Waals surface area contributed by atoms with Crippen molar-refractivity contribution in [1.82, 2.24) is 10.2 Å². The monoisotopic (exact) mass is 292 g/mol. The largest absolute Gasteiger partial charge is 0.465 e. The minimum Gasteiger partial charge on any atom is -0.465 e. The second kappa shape index (κ2) is 6.95. The van der Waals surface area contributed by atoms with Gasteiger partial charge in [0.1, 0.15) is 11.5 Å². The van der Waals surface area contributed by atoms with Gasteiger partial charge < -0.3 is 14.5 Å². The van der Waals surface area contributed by atoms with Crippen molar-refractivity contribution in [2.24, 2.45) is 0 Å². The van der Waals surface area contributed by atoms with Crippen molar-refractivity contribution in [3.63, 3.8) is 0 Å². The lowest BCUT2D eigenvalue weighted by Gasteiger charge is -2.37. The summed E-state index contributed by atoms with van der Waals surface area (Å²) >= 11 is 0. The first-order chi connectivity index (χ1) is 10.3. The molecule has 0 spiro atoms. The maximum absolute atomic E-state index is 5.90. The Kier molecular flexibility index (Phi) is 4.99. The number of fused-ring (bicyclic) bond motifs is 1.